The Kier molecular flexibility index (Phi) is 5.25. The van der Waals surface area contributed by atoms with Crippen molar-refractivity contribution < 1.29 is 22.7 Å². The summed E-state index contributed by atoms with van der Waals surface area (Å²) in [5, 5.41) is 0. The number of rotatable bonds is 4. The molecule has 0 heterocycles. The summed E-state index contributed by atoms with van der Waals surface area (Å²) in [6.07, 6.45) is 0.650. The van der Waals surface area contributed by atoms with E-state index >= 15 is 0 Å². The first-order valence-corrected chi connectivity index (χ1v) is 6.89. The predicted octanol–water partition coefficient (Wildman–Crippen LogP) is 3.21. The van der Waals surface area contributed by atoms with Gasteiger partial charge in [-0.05, 0) is 13.8 Å². The molecule has 0 fully saturated rings. The largest absolute Gasteiger partial charge is 0.461 e. The van der Waals surface area contributed by atoms with Gasteiger partial charge in [0, 0.05) is 11.3 Å². The Morgan fingerprint density at radius 1 is 1.29 bits per heavy atom. The van der Waals surface area contributed by atoms with E-state index in [9.17, 15) is 18.0 Å². The highest BCUT2D eigenvalue weighted by atomic mass is 19.4. The van der Waals surface area contributed by atoms with E-state index in [1.807, 2.05) is 0 Å². The van der Waals surface area contributed by atoms with Gasteiger partial charge in [-0.15, -0.1) is 0 Å². The Bertz CT molecular complexity index is 443. The van der Waals surface area contributed by atoms with E-state index in [0.717, 1.165) is 6.08 Å². The van der Waals surface area contributed by atoms with Crippen LogP contribution in [0, 0.1) is 17.3 Å². The van der Waals surface area contributed by atoms with Crippen LogP contribution >= 0.6 is 0 Å². The van der Waals surface area contributed by atoms with Gasteiger partial charge in [-0.1, -0.05) is 38.2 Å². The molecule has 0 spiro atoms. The van der Waals surface area contributed by atoms with Crippen molar-refractivity contribution in [3.8, 4) is 0 Å². The van der Waals surface area contributed by atoms with Crippen molar-refractivity contribution in [2.45, 2.75) is 46.0 Å². The average molecular weight is 305 g/mol. The predicted molar refractivity (Wildman–Crippen MR) is 74.3 cm³/mol. The summed E-state index contributed by atoms with van der Waals surface area (Å²) in [5.41, 5.74) is 4.24. The van der Waals surface area contributed by atoms with E-state index in [4.69, 9.17) is 10.5 Å². The molecule has 0 aromatic heterocycles. The molecule has 0 saturated heterocycles. The average Bonchev–Trinajstić information content (AvgIpc) is 2.36. The minimum Gasteiger partial charge on any atom is -0.461 e. The summed E-state index contributed by atoms with van der Waals surface area (Å²) in [6.45, 7) is 6.26. The number of esters is 1. The number of hydrogen-bond donors (Lipinski definition) is 1. The molecular formula is C15H22F3NO2. The molecule has 6 heteroatoms. The monoisotopic (exact) mass is 305 g/mol. The molecule has 120 valence electrons. The SMILES string of the molecule is C[C@H](N)C(=O)O[C@H](C)[C@H](C)C1(C)C=CC=CC1C(F)(F)F. The van der Waals surface area contributed by atoms with Gasteiger partial charge >= 0.3 is 12.1 Å². The minimum absolute atomic E-state index is 0.520. The van der Waals surface area contributed by atoms with Gasteiger partial charge < -0.3 is 10.5 Å². The minimum atomic E-state index is -4.35. The highest BCUT2D eigenvalue weighted by molar-refractivity contribution is 5.75. The molecule has 5 atom stereocenters. The first-order chi connectivity index (χ1) is 9.50. The number of allylic oxidation sites excluding steroid dienone is 4. The molecule has 0 radical (unpaired) electrons. The Hall–Kier alpha value is -1.30. The molecule has 1 aliphatic rings. The highest BCUT2D eigenvalue weighted by Crippen LogP contribution is 2.49. The van der Waals surface area contributed by atoms with Crippen molar-refractivity contribution in [2.24, 2.45) is 23.0 Å². The molecule has 2 N–H and O–H groups in total. The zero-order chi connectivity index (χ0) is 16.4. The van der Waals surface area contributed by atoms with Crippen LogP contribution in [0.1, 0.15) is 27.7 Å². The fourth-order valence-electron chi connectivity index (χ4n) is 2.54. The smallest absolute Gasteiger partial charge is 0.395 e. The molecule has 0 aromatic carbocycles. The second kappa shape index (κ2) is 6.22. The van der Waals surface area contributed by atoms with E-state index in [0.29, 0.717) is 0 Å². The summed E-state index contributed by atoms with van der Waals surface area (Å²) in [4.78, 5) is 11.5. The normalized spacial score (nSPS) is 29.8. The van der Waals surface area contributed by atoms with Gasteiger partial charge in [0.2, 0.25) is 0 Å². The highest BCUT2D eigenvalue weighted by Gasteiger charge is 2.52. The lowest BCUT2D eigenvalue weighted by Gasteiger charge is -2.43. The number of alkyl halides is 3. The van der Waals surface area contributed by atoms with Gasteiger partial charge in [-0.3, -0.25) is 4.79 Å². The molecule has 1 rings (SSSR count). The van der Waals surface area contributed by atoms with Crippen LogP contribution in [0.4, 0.5) is 13.2 Å². The third-order valence-corrected chi connectivity index (χ3v) is 4.25. The summed E-state index contributed by atoms with van der Waals surface area (Å²) in [7, 11) is 0. The molecule has 0 bridgehead atoms. The molecule has 0 aliphatic heterocycles. The summed E-state index contributed by atoms with van der Waals surface area (Å²) >= 11 is 0. The van der Waals surface area contributed by atoms with Crippen molar-refractivity contribution in [3.63, 3.8) is 0 Å². The van der Waals surface area contributed by atoms with Gasteiger partial charge in [0.05, 0.1) is 5.92 Å². The molecule has 0 saturated carbocycles. The van der Waals surface area contributed by atoms with Crippen LogP contribution in [0.15, 0.2) is 24.3 Å². The molecule has 1 aliphatic carbocycles. The van der Waals surface area contributed by atoms with Crippen LogP contribution in [0.2, 0.25) is 0 Å². The zero-order valence-corrected chi connectivity index (χ0v) is 12.6. The zero-order valence-electron chi connectivity index (χ0n) is 12.6. The maximum Gasteiger partial charge on any atom is 0.395 e. The van der Waals surface area contributed by atoms with E-state index in [1.165, 1.54) is 26.0 Å². The Labute approximate surface area is 123 Å². The first-order valence-electron chi connectivity index (χ1n) is 6.89. The quantitative estimate of drug-likeness (QED) is 0.811. The third kappa shape index (κ3) is 3.87. The van der Waals surface area contributed by atoms with Crippen molar-refractivity contribution in [1.29, 1.82) is 0 Å². The number of hydrogen-bond acceptors (Lipinski definition) is 3. The van der Waals surface area contributed by atoms with Crippen LogP contribution in [-0.4, -0.2) is 24.3 Å². The van der Waals surface area contributed by atoms with Crippen molar-refractivity contribution in [2.75, 3.05) is 0 Å². The summed E-state index contributed by atoms with van der Waals surface area (Å²) in [6, 6.07) is -0.798. The molecule has 2 unspecified atom stereocenters. The summed E-state index contributed by atoms with van der Waals surface area (Å²) < 4.78 is 44.9. The third-order valence-electron chi connectivity index (χ3n) is 4.25. The molecule has 3 nitrogen and oxygen atoms in total. The second-order valence-corrected chi connectivity index (χ2v) is 5.85. The Morgan fingerprint density at radius 2 is 1.86 bits per heavy atom. The van der Waals surface area contributed by atoms with Gasteiger partial charge in [0.15, 0.2) is 0 Å². The van der Waals surface area contributed by atoms with E-state index in [1.54, 1.807) is 19.9 Å². The van der Waals surface area contributed by atoms with Crippen LogP contribution in [-0.2, 0) is 9.53 Å². The fraction of sp³-hybridized carbons (Fsp3) is 0.667. The lowest BCUT2D eigenvalue weighted by atomic mass is 9.64. The van der Waals surface area contributed by atoms with Crippen molar-refractivity contribution in [3.05, 3.63) is 24.3 Å². The maximum absolute atomic E-state index is 13.2. The van der Waals surface area contributed by atoms with E-state index in [-0.39, 0.29) is 0 Å². The number of carbonyl (C=O) groups excluding carboxylic acids is 1. The van der Waals surface area contributed by atoms with Gasteiger partial charge in [-0.2, -0.15) is 13.2 Å². The first kappa shape index (κ1) is 17.8. The van der Waals surface area contributed by atoms with Crippen LogP contribution in [0.3, 0.4) is 0 Å². The van der Waals surface area contributed by atoms with Gasteiger partial charge in [-0.25, -0.2) is 0 Å². The van der Waals surface area contributed by atoms with E-state index in [2.05, 4.69) is 0 Å². The molecule has 0 aromatic rings. The van der Waals surface area contributed by atoms with Crippen LogP contribution < -0.4 is 5.73 Å². The van der Waals surface area contributed by atoms with Gasteiger partial charge in [0.25, 0.3) is 0 Å². The van der Waals surface area contributed by atoms with Crippen molar-refractivity contribution >= 4 is 5.97 Å². The lowest BCUT2D eigenvalue weighted by Crippen LogP contribution is -2.46. The Morgan fingerprint density at radius 3 is 2.33 bits per heavy atom. The maximum atomic E-state index is 13.2. The van der Waals surface area contributed by atoms with Crippen molar-refractivity contribution in [1.82, 2.24) is 0 Å². The molecular weight excluding hydrogens is 283 g/mol. The van der Waals surface area contributed by atoms with Gasteiger partial charge in [0.1, 0.15) is 12.1 Å². The number of carbonyl (C=O) groups is 1. The van der Waals surface area contributed by atoms with Crippen LogP contribution in [0.5, 0.6) is 0 Å². The number of nitrogens with two attached hydrogens (primary N) is 1. The van der Waals surface area contributed by atoms with Crippen LogP contribution in [0.25, 0.3) is 0 Å². The lowest BCUT2D eigenvalue weighted by molar-refractivity contribution is -0.195. The second-order valence-electron chi connectivity index (χ2n) is 5.85. The molecule has 0 amide bonds. The topological polar surface area (TPSA) is 52.3 Å². The number of ether oxygens (including phenoxy) is 1. The standard InChI is InChI=1S/C15H22F3NO2/c1-9(11(3)21-13(20)10(2)19)14(4)8-6-5-7-12(14)15(16,17)18/h5-12H,19H2,1-4H3/t9-,10-,11+,12?,14?/m0/s1. The Balaban J connectivity index is 2.96. The summed E-state index contributed by atoms with van der Waals surface area (Å²) in [5.74, 6) is -2.74. The van der Waals surface area contributed by atoms with E-state index < -0.39 is 41.5 Å². The molecule has 21 heavy (non-hydrogen) atoms. The fourth-order valence-corrected chi connectivity index (χ4v) is 2.54. The number of halogens is 3.